The smallest absolute Gasteiger partial charge is 0.251 e. The lowest BCUT2D eigenvalue weighted by Gasteiger charge is -2.36. The summed E-state index contributed by atoms with van der Waals surface area (Å²) in [6, 6.07) is 23.2. The van der Waals surface area contributed by atoms with Gasteiger partial charge in [0.2, 0.25) is 5.91 Å². The van der Waals surface area contributed by atoms with E-state index in [4.69, 9.17) is 9.47 Å². The van der Waals surface area contributed by atoms with Crippen LogP contribution in [0.15, 0.2) is 72.8 Å². The third kappa shape index (κ3) is 6.76. The zero-order valence-corrected chi connectivity index (χ0v) is 20.7. The second-order valence-corrected chi connectivity index (χ2v) is 8.63. The molecule has 0 bridgehead atoms. The number of nitrogens with one attached hydrogen (secondary N) is 2. The van der Waals surface area contributed by atoms with Crippen LogP contribution in [0.5, 0.6) is 11.5 Å². The van der Waals surface area contributed by atoms with E-state index < -0.39 is 0 Å². The molecule has 0 unspecified atom stereocenters. The van der Waals surface area contributed by atoms with Crippen molar-refractivity contribution in [2.75, 3.05) is 57.2 Å². The third-order valence-electron chi connectivity index (χ3n) is 6.16. The SMILES string of the molecule is COc1cc(OC)cc(C(=O)NCC(=O)Nc2ccc(N3CCN(Cc4ccccc4)CC3)cc2)c1. The number of anilines is 2. The molecule has 8 nitrogen and oxygen atoms in total. The fraction of sp³-hybridized carbons (Fsp3) is 0.286. The lowest BCUT2D eigenvalue weighted by molar-refractivity contribution is -0.115. The fourth-order valence-corrected chi connectivity index (χ4v) is 4.17. The summed E-state index contributed by atoms with van der Waals surface area (Å²) in [6.45, 7) is 4.75. The van der Waals surface area contributed by atoms with Crippen LogP contribution in [0, 0.1) is 0 Å². The minimum Gasteiger partial charge on any atom is -0.497 e. The Bertz CT molecular complexity index is 1140. The van der Waals surface area contributed by atoms with E-state index in [1.54, 1.807) is 18.2 Å². The number of rotatable bonds is 9. The monoisotopic (exact) mass is 488 g/mol. The number of methoxy groups -OCH3 is 2. The van der Waals surface area contributed by atoms with E-state index in [9.17, 15) is 9.59 Å². The van der Waals surface area contributed by atoms with Crippen molar-refractivity contribution in [3.05, 3.63) is 83.9 Å². The van der Waals surface area contributed by atoms with E-state index in [-0.39, 0.29) is 18.4 Å². The van der Waals surface area contributed by atoms with Gasteiger partial charge in [0, 0.05) is 55.7 Å². The summed E-state index contributed by atoms with van der Waals surface area (Å²) in [7, 11) is 3.03. The Morgan fingerprint density at radius 2 is 1.47 bits per heavy atom. The van der Waals surface area contributed by atoms with Crippen LogP contribution in [0.1, 0.15) is 15.9 Å². The lowest BCUT2D eigenvalue weighted by Crippen LogP contribution is -2.45. The van der Waals surface area contributed by atoms with Crippen molar-refractivity contribution in [1.29, 1.82) is 0 Å². The molecule has 0 radical (unpaired) electrons. The zero-order valence-electron chi connectivity index (χ0n) is 20.7. The molecule has 2 N–H and O–H groups in total. The number of amides is 2. The van der Waals surface area contributed by atoms with Crippen LogP contribution in [-0.2, 0) is 11.3 Å². The first-order valence-electron chi connectivity index (χ1n) is 12.0. The van der Waals surface area contributed by atoms with Crippen molar-refractivity contribution < 1.29 is 19.1 Å². The Balaban J connectivity index is 1.23. The fourth-order valence-electron chi connectivity index (χ4n) is 4.17. The number of nitrogens with zero attached hydrogens (tertiary/aromatic N) is 2. The molecule has 1 aliphatic heterocycles. The van der Waals surface area contributed by atoms with Gasteiger partial charge in [0.15, 0.2) is 0 Å². The van der Waals surface area contributed by atoms with Gasteiger partial charge in [-0.25, -0.2) is 0 Å². The van der Waals surface area contributed by atoms with E-state index in [1.807, 2.05) is 30.3 Å². The summed E-state index contributed by atoms with van der Waals surface area (Å²) in [5, 5.41) is 5.46. The zero-order chi connectivity index (χ0) is 25.3. The first-order chi connectivity index (χ1) is 17.5. The van der Waals surface area contributed by atoms with Crippen molar-refractivity contribution in [3.8, 4) is 11.5 Å². The molecule has 3 aromatic rings. The molecule has 36 heavy (non-hydrogen) atoms. The second kappa shape index (κ2) is 12.1. The topological polar surface area (TPSA) is 83.1 Å². The first kappa shape index (κ1) is 25.1. The standard InChI is InChI=1S/C28H32N4O4/c1-35-25-16-22(17-26(18-25)36-2)28(34)29-19-27(33)30-23-8-10-24(11-9-23)32-14-12-31(13-15-32)20-21-6-4-3-5-7-21/h3-11,16-18H,12-15,19-20H2,1-2H3,(H,29,34)(H,30,33). The van der Waals surface area contributed by atoms with Crippen LogP contribution in [0.4, 0.5) is 11.4 Å². The van der Waals surface area contributed by atoms with E-state index >= 15 is 0 Å². The molecule has 0 atom stereocenters. The largest absolute Gasteiger partial charge is 0.497 e. The van der Waals surface area contributed by atoms with Gasteiger partial charge in [-0.05, 0) is 42.0 Å². The predicted octanol–water partition coefficient (Wildman–Crippen LogP) is 3.39. The maximum atomic E-state index is 12.5. The van der Waals surface area contributed by atoms with Gasteiger partial charge in [0.05, 0.1) is 20.8 Å². The molecule has 1 saturated heterocycles. The minimum atomic E-state index is -0.385. The van der Waals surface area contributed by atoms with Crippen LogP contribution in [0.2, 0.25) is 0 Å². The summed E-state index contributed by atoms with van der Waals surface area (Å²) in [5.41, 5.74) is 3.51. The van der Waals surface area contributed by atoms with Crippen molar-refractivity contribution >= 4 is 23.2 Å². The van der Waals surface area contributed by atoms with Crippen molar-refractivity contribution in [2.24, 2.45) is 0 Å². The molecular weight excluding hydrogens is 456 g/mol. The van der Waals surface area contributed by atoms with Crippen molar-refractivity contribution in [2.45, 2.75) is 6.54 Å². The molecule has 1 heterocycles. The van der Waals surface area contributed by atoms with Crippen molar-refractivity contribution in [1.82, 2.24) is 10.2 Å². The van der Waals surface area contributed by atoms with E-state index in [2.05, 4.69) is 44.7 Å². The molecule has 0 saturated carbocycles. The molecule has 4 rings (SSSR count). The number of piperazine rings is 1. The number of carbonyl (C=O) groups is 2. The Morgan fingerprint density at radius 3 is 2.08 bits per heavy atom. The first-order valence-corrected chi connectivity index (χ1v) is 12.0. The molecule has 8 heteroatoms. The summed E-state index contributed by atoms with van der Waals surface area (Å²) in [5.74, 6) is 0.313. The van der Waals surface area contributed by atoms with Gasteiger partial charge < -0.3 is 25.0 Å². The Morgan fingerprint density at radius 1 is 0.833 bits per heavy atom. The maximum absolute atomic E-state index is 12.5. The number of ether oxygens (including phenoxy) is 2. The molecule has 1 fully saturated rings. The number of hydrogen-bond acceptors (Lipinski definition) is 6. The van der Waals surface area contributed by atoms with Crippen LogP contribution in [0.25, 0.3) is 0 Å². The van der Waals surface area contributed by atoms with Crippen LogP contribution in [0.3, 0.4) is 0 Å². The van der Waals surface area contributed by atoms with Crippen LogP contribution >= 0.6 is 0 Å². The van der Waals surface area contributed by atoms with E-state index in [1.165, 1.54) is 19.8 Å². The van der Waals surface area contributed by atoms with Gasteiger partial charge in [-0.2, -0.15) is 0 Å². The van der Waals surface area contributed by atoms with Gasteiger partial charge in [-0.3, -0.25) is 14.5 Å². The van der Waals surface area contributed by atoms with E-state index in [0.29, 0.717) is 22.7 Å². The van der Waals surface area contributed by atoms with Crippen LogP contribution in [-0.4, -0.2) is 63.7 Å². The highest BCUT2D eigenvalue weighted by atomic mass is 16.5. The number of carbonyl (C=O) groups excluding carboxylic acids is 2. The number of benzene rings is 3. The molecule has 0 spiro atoms. The summed E-state index contributed by atoms with van der Waals surface area (Å²) in [4.78, 5) is 29.7. The predicted molar refractivity (Wildman–Crippen MR) is 141 cm³/mol. The normalized spacial score (nSPS) is 13.7. The minimum absolute atomic E-state index is 0.149. The third-order valence-corrected chi connectivity index (χ3v) is 6.16. The number of hydrogen-bond donors (Lipinski definition) is 2. The highest BCUT2D eigenvalue weighted by molar-refractivity contribution is 5.99. The highest BCUT2D eigenvalue weighted by Gasteiger charge is 2.17. The Hall–Kier alpha value is -4.04. The summed E-state index contributed by atoms with van der Waals surface area (Å²) >= 11 is 0. The molecule has 0 aliphatic carbocycles. The van der Waals surface area contributed by atoms with Gasteiger partial charge in [-0.15, -0.1) is 0 Å². The average molecular weight is 489 g/mol. The van der Waals surface area contributed by atoms with E-state index in [0.717, 1.165) is 38.4 Å². The van der Waals surface area contributed by atoms with Crippen LogP contribution < -0.4 is 25.0 Å². The summed E-state index contributed by atoms with van der Waals surface area (Å²) < 4.78 is 10.4. The maximum Gasteiger partial charge on any atom is 0.251 e. The molecular formula is C28H32N4O4. The Labute approximate surface area is 211 Å². The second-order valence-electron chi connectivity index (χ2n) is 8.63. The highest BCUT2D eigenvalue weighted by Crippen LogP contribution is 2.23. The molecule has 1 aliphatic rings. The van der Waals surface area contributed by atoms with Gasteiger partial charge >= 0.3 is 0 Å². The molecule has 188 valence electrons. The lowest BCUT2D eigenvalue weighted by atomic mass is 10.2. The summed E-state index contributed by atoms with van der Waals surface area (Å²) in [6.07, 6.45) is 0. The molecule has 0 aromatic heterocycles. The molecule has 2 amide bonds. The van der Waals surface area contributed by atoms with Gasteiger partial charge in [-0.1, -0.05) is 30.3 Å². The van der Waals surface area contributed by atoms with Gasteiger partial charge in [0.1, 0.15) is 11.5 Å². The quantitative estimate of drug-likeness (QED) is 0.481. The van der Waals surface area contributed by atoms with Crippen molar-refractivity contribution in [3.63, 3.8) is 0 Å². The average Bonchev–Trinajstić information content (AvgIpc) is 2.93. The molecule has 3 aromatic carbocycles. The van der Waals surface area contributed by atoms with Gasteiger partial charge in [0.25, 0.3) is 5.91 Å². The Kier molecular flexibility index (Phi) is 8.41.